The maximum Gasteiger partial charge on any atom is 0.0752 e. The van der Waals surface area contributed by atoms with Crippen LogP contribution in [0.4, 0.5) is 0 Å². The number of aliphatic hydroxyl groups is 2. The SMILES string of the molecule is CC(O)C/C=C/O. The van der Waals surface area contributed by atoms with Crippen molar-refractivity contribution in [1.29, 1.82) is 0 Å². The van der Waals surface area contributed by atoms with Gasteiger partial charge in [0.1, 0.15) is 0 Å². The largest absolute Gasteiger partial charge is 0.516 e. The number of hydrogen-bond donors (Lipinski definition) is 2. The summed E-state index contributed by atoms with van der Waals surface area (Å²) in [6.07, 6.45) is 2.62. The molecule has 0 amide bonds. The minimum atomic E-state index is -0.344. The van der Waals surface area contributed by atoms with Crippen LogP contribution >= 0.6 is 0 Å². The highest BCUT2D eigenvalue weighted by Gasteiger charge is 1.86. The normalized spacial score (nSPS) is 15.1. The van der Waals surface area contributed by atoms with E-state index >= 15 is 0 Å². The van der Waals surface area contributed by atoms with Crippen molar-refractivity contribution in [2.45, 2.75) is 19.4 Å². The first-order valence-corrected chi connectivity index (χ1v) is 2.24. The van der Waals surface area contributed by atoms with Gasteiger partial charge >= 0.3 is 0 Å². The average Bonchev–Trinajstić information content (AvgIpc) is 1.61. The second-order valence-electron chi connectivity index (χ2n) is 1.47. The fraction of sp³-hybridized carbons (Fsp3) is 0.600. The summed E-state index contributed by atoms with van der Waals surface area (Å²) in [6, 6.07) is 0. The fourth-order valence-electron chi connectivity index (χ4n) is 0.258. The van der Waals surface area contributed by atoms with Crippen LogP contribution in [0.1, 0.15) is 13.3 Å². The quantitative estimate of drug-likeness (QED) is 0.507. The molecule has 0 bridgehead atoms. The van der Waals surface area contributed by atoms with Crippen LogP contribution in [0.2, 0.25) is 0 Å². The maximum absolute atomic E-state index is 8.52. The Morgan fingerprint density at radius 2 is 2.29 bits per heavy atom. The summed E-state index contributed by atoms with van der Waals surface area (Å²) in [5.74, 6) is 0. The molecule has 0 aromatic carbocycles. The van der Waals surface area contributed by atoms with Gasteiger partial charge in [0.2, 0.25) is 0 Å². The number of rotatable bonds is 2. The molecule has 0 spiro atoms. The van der Waals surface area contributed by atoms with Crippen molar-refractivity contribution < 1.29 is 10.2 Å². The van der Waals surface area contributed by atoms with Gasteiger partial charge in [-0.05, 0) is 19.4 Å². The Bertz CT molecular complexity index is 57.1. The molecule has 0 aliphatic carbocycles. The monoisotopic (exact) mass is 102 g/mol. The molecule has 0 radical (unpaired) electrons. The number of hydrogen-bond acceptors (Lipinski definition) is 2. The standard InChI is InChI=1S/C5H10O2/c1-5(7)3-2-4-6/h2,4-7H,3H2,1H3/b4-2+. The lowest BCUT2D eigenvalue weighted by Gasteiger charge is -1.93. The van der Waals surface area contributed by atoms with E-state index in [1.807, 2.05) is 0 Å². The van der Waals surface area contributed by atoms with Gasteiger partial charge in [-0.2, -0.15) is 0 Å². The van der Waals surface area contributed by atoms with Crippen molar-refractivity contribution in [2.24, 2.45) is 0 Å². The van der Waals surface area contributed by atoms with Crippen molar-refractivity contribution in [2.75, 3.05) is 0 Å². The van der Waals surface area contributed by atoms with Crippen LogP contribution in [-0.4, -0.2) is 16.3 Å². The Balaban J connectivity index is 2.97. The van der Waals surface area contributed by atoms with Crippen LogP contribution < -0.4 is 0 Å². The van der Waals surface area contributed by atoms with Gasteiger partial charge in [-0.1, -0.05) is 0 Å². The molecule has 0 aromatic rings. The van der Waals surface area contributed by atoms with Crippen molar-refractivity contribution in [3.8, 4) is 0 Å². The van der Waals surface area contributed by atoms with E-state index in [9.17, 15) is 0 Å². The van der Waals surface area contributed by atoms with E-state index in [-0.39, 0.29) is 6.10 Å². The fourth-order valence-corrected chi connectivity index (χ4v) is 0.258. The highest BCUT2D eigenvalue weighted by atomic mass is 16.3. The average molecular weight is 102 g/mol. The molecule has 1 atom stereocenters. The molecule has 0 heterocycles. The molecule has 2 nitrogen and oxygen atoms in total. The van der Waals surface area contributed by atoms with Crippen LogP contribution in [-0.2, 0) is 0 Å². The lowest BCUT2D eigenvalue weighted by atomic mass is 10.3. The van der Waals surface area contributed by atoms with Gasteiger partial charge < -0.3 is 10.2 Å². The molecule has 0 aliphatic rings. The zero-order chi connectivity index (χ0) is 5.70. The van der Waals surface area contributed by atoms with E-state index in [2.05, 4.69) is 0 Å². The maximum atomic E-state index is 8.52. The first-order chi connectivity index (χ1) is 3.27. The van der Waals surface area contributed by atoms with Crippen LogP contribution in [0.3, 0.4) is 0 Å². The minimum Gasteiger partial charge on any atom is -0.516 e. The summed E-state index contributed by atoms with van der Waals surface area (Å²) in [7, 11) is 0. The van der Waals surface area contributed by atoms with Crippen molar-refractivity contribution in [3.63, 3.8) is 0 Å². The topological polar surface area (TPSA) is 40.5 Å². The molecule has 2 N–H and O–H groups in total. The van der Waals surface area contributed by atoms with E-state index in [0.29, 0.717) is 6.42 Å². The summed E-state index contributed by atoms with van der Waals surface area (Å²) < 4.78 is 0. The molecular weight excluding hydrogens is 92.1 g/mol. The second-order valence-corrected chi connectivity index (χ2v) is 1.47. The third kappa shape index (κ3) is 5.50. The Labute approximate surface area is 43.1 Å². The smallest absolute Gasteiger partial charge is 0.0752 e. The van der Waals surface area contributed by atoms with Crippen molar-refractivity contribution in [1.82, 2.24) is 0 Å². The molecule has 42 valence electrons. The summed E-state index contributed by atoms with van der Waals surface area (Å²) in [6.45, 7) is 1.67. The molecule has 0 saturated heterocycles. The molecule has 7 heavy (non-hydrogen) atoms. The first-order valence-electron chi connectivity index (χ1n) is 2.24. The lowest BCUT2D eigenvalue weighted by Crippen LogP contribution is -1.94. The van der Waals surface area contributed by atoms with Gasteiger partial charge in [-0.25, -0.2) is 0 Å². The summed E-state index contributed by atoms with van der Waals surface area (Å²) >= 11 is 0. The van der Waals surface area contributed by atoms with Crippen LogP contribution in [0, 0.1) is 0 Å². The highest BCUT2D eigenvalue weighted by molar-refractivity contribution is 4.73. The van der Waals surface area contributed by atoms with Gasteiger partial charge in [0.15, 0.2) is 0 Å². The Morgan fingerprint density at radius 1 is 1.71 bits per heavy atom. The molecule has 0 fully saturated rings. The van der Waals surface area contributed by atoms with E-state index in [4.69, 9.17) is 10.2 Å². The summed E-state index contributed by atoms with van der Waals surface area (Å²) in [4.78, 5) is 0. The predicted molar refractivity (Wildman–Crippen MR) is 28.1 cm³/mol. The van der Waals surface area contributed by atoms with E-state index in [0.717, 1.165) is 6.26 Å². The van der Waals surface area contributed by atoms with Gasteiger partial charge in [0.05, 0.1) is 12.4 Å². The minimum absolute atomic E-state index is 0.344. The summed E-state index contributed by atoms with van der Waals surface area (Å²) in [5.41, 5.74) is 0. The van der Waals surface area contributed by atoms with E-state index in [1.54, 1.807) is 6.92 Å². The predicted octanol–water partition coefficient (Wildman–Crippen LogP) is 0.829. The zero-order valence-electron chi connectivity index (χ0n) is 4.33. The third-order valence-electron chi connectivity index (χ3n) is 0.583. The van der Waals surface area contributed by atoms with Gasteiger partial charge in [0.25, 0.3) is 0 Å². The van der Waals surface area contributed by atoms with E-state index in [1.165, 1.54) is 6.08 Å². The molecule has 2 heteroatoms. The van der Waals surface area contributed by atoms with Gasteiger partial charge in [0, 0.05) is 0 Å². The van der Waals surface area contributed by atoms with Gasteiger partial charge in [-0.3, -0.25) is 0 Å². The summed E-state index contributed by atoms with van der Waals surface area (Å²) in [5, 5.41) is 16.5. The van der Waals surface area contributed by atoms with Crippen molar-refractivity contribution >= 4 is 0 Å². The first kappa shape index (κ1) is 6.50. The molecule has 0 rings (SSSR count). The Kier molecular flexibility index (Phi) is 3.42. The van der Waals surface area contributed by atoms with Crippen molar-refractivity contribution in [3.05, 3.63) is 12.3 Å². The van der Waals surface area contributed by atoms with Crippen LogP contribution in [0.5, 0.6) is 0 Å². The van der Waals surface area contributed by atoms with Gasteiger partial charge in [-0.15, -0.1) is 0 Å². The Morgan fingerprint density at radius 3 is 2.43 bits per heavy atom. The highest BCUT2D eigenvalue weighted by Crippen LogP contribution is 1.87. The number of aliphatic hydroxyl groups excluding tert-OH is 2. The second kappa shape index (κ2) is 3.68. The van der Waals surface area contributed by atoms with Crippen LogP contribution in [0.25, 0.3) is 0 Å². The zero-order valence-corrected chi connectivity index (χ0v) is 4.33. The Hall–Kier alpha value is -0.500. The molecule has 1 unspecified atom stereocenters. The molecule has 0 aromatic heterocycles. The van der Waals surface area contributed by atoms with Crippen LogP contribution in [0.15, 0.2) is 12.3 Å². The molecule has 0 aliphatic heterocycles. The lowest BCUT2D eigenvalue weighted by molar-refractivity contribution is 0.197. The molecule has 0 saturated carbocycles. The third-order valence-corrected chi connectivity index (χ3v) is 0.583. The van der Waals surface area contributed by atoms with E-state index < -0.39 is 0 Å². The molecular formula is C5H10O2.